The second-order valence-electron chi connectivity index (χ2n) is 6.50. The van der Waals surface area contributed by atoms with Crippen LogP contribution in [0.15, 0.2) is 24.3 Å². The van der Waals surface area contributed by atoms with Crippen LogP contribution in [0.1, 0.15) is 25.7 Å². The van der Waals surface area contributed by atoms with Gasteiger partial charge in [-0.05, 0) is 25.0 Å². The van der Waals surface area contributed by atoms with E-state index in [1.165, 1.54) is 0 Å². The molecule has 3 rings (SSSR count). The van der Waals surface area contributed by atoms with E-state index in [0.29, 0.717) is 0 Å². The molecule has 2 N–H and O–H groups in total. The number of hydrogen-bond acceptors (Lipinski definition) is 3. The van der Waals surface area contributed by atoms with Gasteiger partial charge in [-0.1, -0.05) is 25.0 Å². The predicted molar refractivity (Wildman–Crippen MR) is 90.7 cm³/mol. The zero-order valence-corrected chi connectivity index (χ0v) is 13.7. The standard InChI is InChI=1S/C17H24N4O2/c1-20(2)14-9-5-3-7-12(14)19-17(23)21-11-16(22)18-13-8-4-6-10-15(13)21/h3,5,7,9,13,15H,4,6,8,10-11H2,1-2H3,(H,18,22)(H,19,23)/t13-,15+/m1/s1. The summed E-state index contributed by atoms with van der Waals surface area (Å²) in [5, 5.41) is 6.01. The molecular formula is C17H24N4O2. The summed E-state index contributed by atoms with van der Waals surface area (Å²) in [5.41, 5.74) is 1.71. The summed E-state index contributed by atoms with van der Waals surface area (Å²) in [7, 11) is 3.88. The van der Waals surface area contributed by atoms with Gasteiger partial charge in [0.25, 0.3) is 0 Å². The van der Waals surface area contributed by atoms with Crippen molar-refractivity contribution in [3.8, 4) is 0 Å². The Kier molecular flexibility index (Phi) is 4.41. The van der Waals surface area contributed by atoms with Crippen LogP contribution in [0, 0.1) is 0 Å². The number of anilines is 2. The molecule has 1 aromatic carbocycles. The Bertz CT molecular complexity index is 602. The molecule has 6 heteroatoms. The quantitative estimate of drug-likeness (QED) is 0.877. The number of nitrogens with one attached hydrogen (secondary N) is 2. The van der Waals surface area contributed by atoms with Gasteiger partial charge >= 0.3 is 6.03 Å². The number of hydrogen-bond donors (Lipinski definition) is 2. The van der Waals surface area contributed by atoms with Crippen molar-refractivity contribution in [1.29, 1.82) is 0 Å². The highest BCUT2D eigenvalue weighted by Crippen LogP contribution is 2.28. The normalized spacial score (nSPS) is 23.7. The highest BCUT2D eigenvalue weighted by atomic mass is 16.2. The van der Waals surface area contributed by atoms with Crippen molar-refractivity contribution < 1.29 is 9.59 Å². The van der Waals surface area contributed by atoms with Crippen LogP contribution in [-0.2, 0) is 4.79 Å². The lowest BCUT2D eigenvalue weighted by Gasteiger charge is -2.43. The Hall–Kier alpha value is -2.24. The maximum atomic E-state index is 12.8. The summed E-state index contributed by atoms with van der Waals surface area (Å²) in [4.78, 5) is 28.3. The number of benzene rings is 1. The summed E-state index contributed by atoms with van der Waals surface area (Å²) >= 11 is 0. The lowest BCUT2D eigenvalue weighted by atomic mass is 9.87. The summed E-state index contributed by atoms with van der Waals surface area (Å²) in [6.45, 7) is 0.136. The maximum Gasteiger partial charge on any atom is 0.322 e. The minimum Gasteiger partial charge on any atom is -0.376 e. The van der Waals surface area contributed by atoms with Gasteiger partial charge in [-0.3, -0.25) is 4.79 Å². The molecule has 1 aromatic rings. The molecule has 0 spiro atoms. The molecule has 0 aromatic heterocycles. The number of carbonyl (C=O) groups is 2. The van der Waals surface area contributed by atoms with E-state index in [-0.39, 0.29) is 30.6 Å². The SMILES string of the molecule is CN(C)c1ccccc1NC(=O)N1CC(=O)N[C@@H]2CCCC[C@@H]21. The van der Waals surface area contributed by atoms with Crippen LogP contribution in [0.5, 0.6) is 0 Å². The summed E-state index contributed by atoms with van der Waals surface area (Å²) in [6.07, 6.45) is 4.12. The monoisotopic (exact) mass is 316 g/mol. The fourth-order valence-electron chi connectivity index (χ4n) is 3.56. The van der Waals surface area contributed by atoms with Crippen molar-refractivity contribution in [3.63, 3.8) is 0 Å². The average molecular weight is 316 g/mol. The number of urea groups is 1. The first-order valence-electron chi connectivity index (χ1n) is 8.19. The van der Waals surface area contributed by atoms with Gasteiger partial charge in [0.2, 0.25) is 5.91 Å². The molecule has 3 amide bonds. The van der Waals surface area contributed by atoms with Crippen molar-refractivity contribution >= 4 is 23.3 Å². The third-order valence-electron chi connectivity index (χ3n) is 4.68. The van der Waals surface area contributed by atoms with Gasteiger partial charge in [0.1, 0.15) is 6.54 Å². The van der Waals surface area contributed by atoms with Gasteiger partial charge in [-0.25, -0.2) is 4.79 Å². The molecule has 2 atom stereocenters. The third-order valence-corrected chi connectivity index (χ3v) is 4.68. The summed E-state index contributed by atoms with van der Waals surface area (Å²) < 4.78 is 0. The molecule has 2 aliphatic rings. The maximum absolute atomic E-state index is 12.8. The van der Waals surface area contributed by atoms with Crippen LogP contribution < -0.4 is 15.5 Å². The molecule has 0 radical (unpaired) electrons. The Morgan fingerprint density at radius 3 is 2.78 bits per heavy atom. The van der Waals surface area contributed by atoms with Gasteiger partial charge in [0.05, 0.1) is 17.4 Å². The van der Waals surface area contributed by atoms with Crippen molar-refractivity contribution in [1.82, 2.24) is 10.2 Å². The van der Waals surface area contributed by atoms with E-state index in [1.807, 2.05) is 43.3 Å². The van der Waals surface area contributed by atoms with Crippen LogP contribution in [0.3, 0.4) is 0 Å². The van der Waals surface area contributed by atoms with Crippen LogP contribution in [0.2, 0.25) is 0 Å². The van der Waals surface area contributed by atoms with Crippen LogP contribution >= 0.6 is 0 Å². The molecule has 1 aliphatic heterocycles. The number of amides is 3. The van der Waals surface area contributed by atoms with Gasteiger partial charge in [0.15, 0.2) is 0 Å². The Morgan fingerprint density at radius 2 is 2.00 bits per heavy atom. The van der Waals surface area contributed by atoms with E-state index in [9.17, 15) is 9.59 Å². The fraction of sp³-hybridized carbons (Fsp3) is 0.529. The van der Waals surface area contributed by atoms with E-state index in [2.05, 4.69) is 10.6 Å². The molecule has 6 nitrogen and oxygen atoms in total. The zero-order chi connectivity index (χ0) is 16.4. The van der Waals surface area contributed by atoms with E-state index >= 15 is 0 Å². The van der Waals surface area contributed by atoms with Crippen molar-refractivity contribution in [2.75, 3.05) is 30.9 Å². The minimum atomic E-state index is -0.189. The summed E-state index contributed by atoms with van der Waals surface area (Å²) in [5.74, 6) is -0.0656. The number of fused-ring (bicyclic) bond motifs is 1. The largest absolute Gasteiger partial charge is 0.376 e. The van der Waals surface area contributed by atoms with Gasteiger partial charge in [0, 0.05) is 20.1 Å². The molecule has 1 heterocycles. The first kappa shape index (κ1) is 15.6. The van der Waals surface area contributed by atoms with E-state index in [1.54, 1.807) is 4.90 Å². The number of para-hydroxylation sites is 2. The van der Waals surface area contributed by atoms with Crippen molar-refractivity contribution in [2.45, 2.75) is 37.8 Å². The minimum absolute atomic E-state index is 0.0656. The van der Waals surface area contributed by atoms with Gasteiger partial charge < -0.3 is 20.4 Å². The molecular weight excluding hydrogens is 292 g/mol. The Morgan fingerprint density at radius 1 is 1.26 bits per heavy atom. The number of carbonyl (C=O) groups excluding carboxylic acids is 2. The fourth-order valence-corrected chi connectivity index (χ4v) is 3.56. The molecule has 0 bridgehead atoms. The molecule has 1 saturated heterocycles. The number of piperazine rings is 1. The third kappa shape index (κ3) is 3.25. The van der Waals surface area contributed by atoms with Gasteiger partial charge in [-0.2, -0.15) is 0 Å². The van der Waals surface area contributed by atoms with E-state index in [4.69, 9.17) is 0 Å². The lowest BCUT2D eigenvalue weighted by molar-refractivity contribution is -0.126. The number of nitrogens with zero attached hydrogens (tertiary/aromatic N) is 2. The smallest absolute Gasteiger partial charge is 0.322 e. The topological polar surface area (TPSA) is 64.7 Å². The summed E-state index contributed by atoms with van der Waals surface area (Å²) in [6, 6.07) is 7.70. The van der Waals surface area contributed by atoms with Crippen LogP contribution in [0.4, 0.5) is 16.2 Å². The molecule has 0 unspecified atom stereocenters. The van der Waals surface area contributed by atoms with E-state index < -0.39 is 0 Å². The van der Waals surface area contributed by atoms with Crippen molar-refractivity contribution in [3.05, 3.63) is 24.3 Å². The second kappa shape index (κ2) is 6.48. The molecule has 124 valence electrons. The average Bonchev–Trinajstić information content (AvgIpc) is 2.54. The molecule has 1 aliphatic carbocycles. The Labute approximate surface area is 136 Å². The first-order chi connectivity index (χ1) is 11.1. The van der Waals surface area contributed by atoms with Gasteiger partial charge in [-0.15, -0.1) is 0 Å². The zero-order valence-electron chi connectivity index (χ0n) is 13.7. The van der Waals surface area contributed by atoms with Crippen molar-refractivity contribution in [2.24, 2.45) is 0 Å². The molecule has 23 heavy (non-hydrogen) atoms. The first-order valence-corrected chi connectivity index (χ1v) is 8.19. The number of rotatable bonds is 2. The molecule has 1 saturated carbocycles. The van der Waals surface area contributed by atoms with Crippen LogP contribution in [-0.4, -0.2) is 49.6 Å². The Balaban J connectivity index is 1.78. The molecule has 2 fully saturated rings. The second-order valence-corrected chi connectivity index (χ2v) is 6.50. The lowest BCUT2D eigenvalue weighted by Crippen LogP contribution is -2.63. The highest BCUT2D eigenvalue weighted by Gasteiger charge is 2.38. The van der Waals surface area contributed by atoms with Crippen LogP contribution in [0.25, 0.3) is 0 Å². The van der Waals surface area contributed by atoms with E-state index in [0.717, 1.165) is 37.1 Å². The predicted octanol–water partition coefficient (Wildman–Crippen LogP) is 2.03. The highest BCUT2D eigenvalue weighted by molar-refractivity contribution is 5.96.